The molecule has 0 saturated carbocycles. The first-order chi connectivity index (χ1) is 6.02. The summed E-state index contributed by atoms with van der Waals surface area (Å²) in [5.41, 5.74) is 5.20. The maximum Gasteiger partial charge on any atom is 0.257 e. The van der Waals surface area contributed by atoms with E-state index in [2.05, 4.69) is 0 Å². The Balaban J connectivity index is 0.00000169. The number of hydrogen-bond acceptors (Lipinski definition) is 3. The van der Waals surface area contributed by atoms with Gasteiger partial charge in [0, 0.05) is 0 Å². The molecular weight excluding hydrogens is 216 g/mol. The number of rotatable bonds is 2. The summed E-state index contributed by atoms with van der Waals surface area (Å²) in [5, 5.41) is 17.9. The molecule has 0 aliphatic carbocycles. The predicted molar refractivity (Wildman–Crippen MR) is 50.0 cm³/mol. The van der Waals surface area contributed by atoms with E-state index in [1.165, 1.54) is 6.07 Å². The second kappa shape index (κ2) is 4.97. The van der Waals surface area contributed by atoms with E-state index >= 15 is 0 Å². The first-order valence-corrected chi connectivity index (χ1v) is 3.58. The van der Waals surface area contributed by atoms with E-state index < -0.39 is 18.2 Å². The fourth-order valence-electron chi connectivity index (χ4n) is 0.893. The maximum absolute atomic E-state index is 12.1. The smallest absolute Gasteiger partial charge is 0.257 e. The molecule has 0 bridgehead atoms. The van der Waals surface area contributed by atoms with Crippen LogP contribution in [-0.4, -0.2) is 16.6 Å². The van der Waals surface area contributed by atoms with E-state index in [0.29, 0.717) is 0 Å². The van der Waals surface area contributed by atoms with Crippen LogP contribution >= 0.6 is 12.4 Å². The topological polar surface area (TPSA) is 66.5 Å². The number of alkyl halides is 2. The van der Waals surface area contributed by atoms with Gasteiger partial charge in [0.25, 0.3) is 6.43 Å². The largest absolute Gasteiger partial charge is 0.504 e. The number of aromatic hydroxyl groups is 2. The van der Waals surface area contributed by atoms with E-state index in [1.807, 2.05) is 0 Å². The molecule has 0 unspecified atom stereocenters. The van der Waals surface area contributed by atoms with Crippen molar-refractivity contribution >= 4 is 12.4 Å². The molecular formula is C8H10ClF2NO2. The van der Waals surface area contributed by atoms with Gasteiger partial charge < -0.3 is 15.9 Å². The molecule has 0 aliphatic rings. The first-order valence-electron chi connectivity index (χ1n) is 3.58. The molecule has 0 heterocycles. The Morgan fingerprint density at radius 3 is 2.14 bits per heavy atom. The minimum Gasteiger partial charge on any atom is -0.504 e. The van der Waals surface area contributed by atoms with Crippen molar-refractivity contribution < 1.29 is 19.0 Å². The first kappa shape index (κ1) is 12.9. The van der Waals surface area contributed by atoms with Gasteiger partial charge in [0.1, 0.15) is 0 Å². The van der Waals surface area contributed by atoms with Crippen molar-refractivity contribution in [2.24, 2.45) is 5.73 Å². The van der Waals surface area contributed by atoms with Crippen molar-refractivity contribution in [3.8, 4) is 11.5 Å². The normalized spacial score (nSPS) is 12.3. The molecule has 80 valence electrons. The molecule has 0 saturated heterocycles. The standard InChI is InChI=1S/C8H9F2NO2.ClH/c9-8(10)7(11)4-1-2-5(12)6(13)3-4;/h1-3,7-8,12-13H,11H2;1H/t7-;/m0./s1. The number of benzene rings is 1. The van der Waals surface area contributed by atoms with Crippen LogP contribution in [0.5, 0.6) is 11.5 Å². The van der Waals surface area contributed by atoms with Crippen molar-refractivity contribution in [1.82, 2.24) is 0 Å². The number of phenolic OH excluding ortho intramolecular Hbond substituents is 2. The molecule has 0 amide bonds. The zero-order valence-corrected chi connectivity index (χ0v) is 7.84. The fraction of sp³-hybridized carbons (Fsp3) is 0.250. The molecule has 0 fully saturated rings. The Hall–Kier alpha value is -1.07. The highest BCUT2D eigenvalue weighted by molar-refractivity contribution is 5.85. The van der Waals surface area contributed by atoms with Gasteiger partial charge in [-0.15, -0.1) is 12.4 Å². The molecule has 0 spiro atoms. The van der Waals surface area contributed by atoms with E-state index in [9.17, 15) is 8.78 Å². The minimum absolute atomic E-state index is 0. The lowest BCUT2D eigenvalue weighted by Crippen LogP contribution is -2.18. The highest BCUT2D eigenvalue weighted by atomic mass is 35.5. The van der Waals surface area contributed by atoms with Crippen molar-refractivity contribution in [3.63, 3.8) is 0 Å². The third-order valence-electron chi connectivity index (χ3n) is 1.66. The predicted octanol–water partition coefficient (Wildman–Crippen LogP) is 1.78. The molecule has 0 aromatic heterocycles. The Morgan fingerprint density at radius 2 is 1.71 bits per heavy atom. The molecule has 1 atom stereocenters. The summed E-state index contributed by atoms with van der Waals surface area (Å²) in [7, 11) is 0. The molecule has 1 rings (SSSR count). The van der Waals surface area contributed by atoms with Crippen LogP contribution in [0.15, 0.2) is 18.2 Å². The molecule has 4 N–H and O–H groups in total. The third-order valence-corrected chi connectivity index (χ3v) is 1.66. The average Bonchev–Trinajstić information content (AvgIpc) is 2.08. The third kappa shape index (κ3) is 2.71. The molecule has 1 aromatic carbocycles. The summed E-state index contributed by atoms with van der Waals surface area (Å²) in [6.07, 6.45) is -2.69. The summed E-state index contributed by atoms with van der Waals surface area (Å²) in [6.45, 7) is 0. The summed E-state index contributed by atoms with van der Waals surface area (Å²) in [4.78, 5) is 0. The zero-order chi connectivity index (χ0) is 10.0. The Labute approximate surface area is 85.6 Å². The molecule has 0 aliphatic heterocycles. The quantitative estimate of drug-likeness (QED) is 0.673. The van der Waals surface area contributed by atoms with Gasteiger partial charge in [-0.25, -0.2) is 8.78 Å². The van der Waals surface area contributed by atoms with E-state index in [4.69, 9.17) is 15.9 Å². The lowest BCUT2D eigenvalue weighted by atomic mass is 10.1. The monoisotopic (exact) mass is 225 g/mol. The Morgan fingerprint density at radius 1 is 1.14 bits per heavy atom. The summed E-state index contributed by atoms with van der Waals surface area (Å²) < 4.78 is 24.2. The zero-order valence-electron chi connectivity index (χ0n) is 7.02. The van der Waals surface area contributed by atoms with E-state index in [0.717, 1.165) is 12.1 Å². The van der Waals surface area contributed by atoms with Crippen LogP contribution < -0.4 is 5.73 Å². The Kier molecular flexibility index (Phi) is 4.59. The van der Waals surface area contributed by atoms with Crippen LogP contribution in [0.25, 0.3) is 0 Å². The highest BCUT2D eigenvalue weighted by Crippen LogP contribution is 2.28. The van der Waals surface area contributed by atoms with Crippen LogP contribution in [0.3, 0.4) is 0 Å². The van der Waals surface area contributed by atoms with E-state index in [-0.39, 0.29) is 23.7 Å². The van der Waals surface area contributed by atoms with Crippen LogP contribution in [0, 0.1) is 0 Å². The van der Waals surface area contributed by atoms with Gasteiger partial charge >= 0.3 is 0 Å². The SMILES string of the molecule is Cl.N[C@@H](c1ccc(O)c(O)c1)C(F)F. The fourth-order valence-corrected chi connectivity index (χ4v) is 0.893. The van der Waals surface area contributed by atoms with Crippen molar-refractivity contribution in [3.05, 3.63) is 23.8 Å². The van der Waals surface area contributed by atoms with Crippen LogP contribution in [0.2, 0.25) is 0 Å². The van der Waals surface area contributed by atoms with E-state index in [1.54, 1.807) is 0 Å². The second-order valence-electron chi connectivity index (χ2n) is 2.61. The lowest BCUT2D eigenvalue weighted by molar-refractivity contribution is 0.116. The molecule has 14 heavy (non-hydrogen) atoms. The van der Waals surface area contributed by atoms with Crippen LogP contribution in [0.1, 0.15) is 11.6 Å². The lowest BCUT2D eigenvalue weighted by Gasteiger charge is -2.10. The number of nitrogens with two attached hydrogens (primary N) is 1. The molecule has 0 radical (unpaired) electrons. The van der Waals surface area contributed by atoms with Gasteiger partial charge in [0.05, 0.1) is 6.04 Å². The van der Waals surface area contributed by atoms with Crippen molar-refractivity contribution in [1.29, 1.82) is 0 Å². The molecule has 1 aromatic rings. The average molecular weight is 226 g/mol. The number of halogens is 3. The highest BCUT2D eigenvalue weighted by Gasteiger charge is 2.18. The van der Waals surface area contributed by atoms with Gasteiger partial charge in [-0.05, 0) is 17.7 Å². The molecule has 6 heteroatoms. The maximum atomic E-state index is 12.1. The summed E-state index contributed by atoms with van der Waals surface area (Å²) in [5.74, 6) is -0.807. The van der Waals surface area contributed by atoms with Gasteiger partial charge in [-0.3, -0.25) is 0 Å². The van der Waals surface area contributed by atoms with Crippen LogP contribution in [0.4, 0.5) is 8.78 Å². The summed E-state index contributed by atoms with van der Waals surface area (Å²) in [6, 6.07) is 1.94. The van der Waals surface area contributed by atoms with Gasteiger partial charge in [0.2, 0.25) is 0 Å². The van der Waals surface area contributed by atoms with Crippen molar-refractivity contribution in [2.45, 2.75) is 12.5 Å². The van der Waals surface area contributed by atoms with Crippen molar-refractivity contribution in [2.75, 3.05) is 0 Å². The minimum atomic E-state index is -2.69. The van der Waals surface area contributed by atoms with Gasteiger partial charge in [-0.2, -0.15) is 0 Å². The second-order valence-corrected chi connectivity index (χ2v) is 2.61. The molecule has 3 nitrogen and oxygen atoms in total. The van der Waals surface area contributed by atoms with Gasteiger partial charge in [-0.1, -0.05) is 6.07 Å². The van der Waals surface area contributed by atoms with Crippen LogP contribution in [-0.2, 0) is 0 Å². The van der Waals surface area contributed by atoms with Gasteiger partial charge in [0.15, 0.2) is 11.5 Å². The Bertz CT molecular complexity index is 309. The summed E-state index contributed by atoms with van der Waals surface area (Å²) >= 11 is 0. The number of phenols is 2. The number of hydrogen-bond donors (Lipinski definition) is 3.